The van der Waals surface area contributed by atoms with Gasteiger partial charge >= 0.3 is 0 Å². The Labute approximate surface area is 120 Å². The number of aromatic hydroxyl groups is 1. The number of hydrogen-bond acceptors (Lipinski definition) is 4. The van der Waals surface area contributed by atoms with E-state index in [1.165, 1.54) is 0 Å². The topological polar surface area (TPSA) is 87.8 Å². The zero-order valence-electron chi connectivity index (χ0n) is 10.3. The van der Waals surface area contributed by atoms with E-state index in [0.717, 1.165) is 22.4 Å². The van der Waals surface area contributed by atoms with Crippen molar-refractivity contribution >= 4 is 17.4 Å². The summed E-state index contributed by atoms with van der Waals surface area (Å²) in [6.07, 6.45) is 3.38. The summed E-state index contributed by atoms with van der Waals surface area (Å²) in [4.78, 5) is 3.98. The highest BCUT2D eigenvalue weighted by atomic mass is 35.5. The zero-order valence-corrected chi connectivity index (χ0v) is 11.1. The van der Waals surface area contributed by atoms with E-state index in [9.17, 15) is 5.11 Å². The number of aromatic nitrogens is 3. The number of nitrogen functional groups attached to an aromatic ring is 1. The summed E-state index contributed by atoms with van der Waals surface area (Å²) in [5.74, 6) is 0.365. The van der Waals surface area contributed by atoms with Crippen LogP contribution in [0.15, 0.2) is 42.7 Å². The van der Waals surface area contributed by atoms with Crippen LogP contribution in [0.3, 0.4) is 0 Å². The van der Waals surface area contributed by atoms with Gasteiger partial charge < -0.3 is 10.8 Å². The number of hydrogen-bond donors (Lipinski definition) is 3. The van der Waals surface area contributed by atoms with Gasteiger partial charge in [0.15, 0.2) is 5.82 Å². The largest absolute Gasteiger partial charge is 0.506 e. The van der Waals surface area contributed by atoms with Crippen LogP contribution in [-0.4, -0.2) is 20.3 Å². The number of nitrogens with two attached hydrogens (primary N) is 1. The molecule has 0 spiro atoms. The predicted molar refractivity (Wildman–Crippen MR) is 78.3 cm³/mol. The summed E-state index contributed by atoms with van der Waals surface area (Å²) >= 11 is 5.83. The number of aromatic amines is 1. The minimum Gasteiger partial charge on any atom is -0.506 e. The third-order valence-electron chi connectivity index (χ3n) is 3.00. The van der Waals surface area contributed by atoms with Gasteiger partial charge in [-0.15, -0.1) is 0 Å². The summed E-state index contributed by atoms with van der Waals surface area (Å²) in [5.41, 5.74) is 9.07. The van der Waals surface area contributed by atoms with Crippen LogP contribution in [0.4, 0.5) is 5.82 Å². The first-order chi connectivity index (χ1) is 9.66. The van der Waals surface area contributed by atoms with Gasteiger partial charge in [0.2, 0.25) is 0 Å². The van der Waals surface area contributed by atoms with Crippen LogP contribution in [0.5, 0.6) is 5.75 Å². The SMILES string of the molecule is Nc1n[nH]c(-c2ccncc2)c1-c1ccc(Cl)c(O)c1. The molecule has 3 aromatic rings. The molecule has 0 fully saturated rings. The van der Waals surface area contributed by atoms with Crippen molar-refractivity contribution in [1.29, 1.82) is 0 Å². The molecule has 0 saturated carbocycles. The summed E-state index contributed by atoms with van der Waals surface area (Å²) in [6.45, 7) is 0. The quantitative estimate of drug-likeness (QED) is 0.675. The number of rotatable bonds is 2. The Hall–Kier alpha value is -2.53. The standard InChI is InChI=1S/C14H11ClN4O/c15-10-2-1-9(7-11(10)20)12-13(18-19-14(12)16)8-3-5-17-6-4-8/h1-7,20H,(H3,16,18,19). The highest BCUT2D eigenvalue weighted by Crippen LogP contribution is 2.37. The Balaban J connectivity index is 2.19. The third-order valence-corrected chi connectivity index (χ3v) is 3.32. The number of phenolic OH excluding ortho intramolecular Hbond substituents is 1. The van der Waals surface area contributed by atoms with Gasteiger partial charge in [0.05, 0.1) is 16.3 Å². The molecule has 0 bridgehead atoms. The molecule has 0 saturated heterocycles. The Kier molecular flexibility index (Phi) is 3.04. The first-order valence-corrected chi connectivity index (χ1v) is 6.27. The van der Waals surface area contributed by atoms with Crippen molar-refractivity contribution in [2.45, 2.75) is 0 Å². The Morgan fingerprint density at radius 2 is 1.85 bits per heavy atom. The average molecular weight is 287 g/mol. The molecule has 0 aliphatic heterocycles. The van der Waals surface area contributed by atoms with Gasteiger partial charge in [0.1, 0.15) is 5.75 Å². The smallest absolute Gasteiger partial charge is 0.153 e. The van der Waals surface area contributed by atoms with Crippen LogP contribution in [0, 0.1) is 0 Å². The van der Waals surface area contributed by atoms with Crippen molar-refractivity contribution in [3.8, 4) is 28.1 Å². The van der Waals surface area contributed by atoms with Crippen molar-refractivity contribution in [2.24, 2.45) is 0 Å². The van der Waals surface area contributed by atoms with Gasteiger partial charge in [-0.1, -0.05) is 17.7 Å². The van der Waals surface area contributed by atoms with E-state index < -0.39 is 0 Å². The van der Waals surface area contributed by atoms with E-state index in [-0.39, 0.29) is 5.75 Å². The minimum atomic E-state index is 0.00504. The Morgan fingerprint density at radius 1 is 1.10 bits per heavy atom. The van der Waals surface area contributed by atoms with Crippen LogP contribution >= 0.6 is 11.6 Å². The second kappa shape index (κ2) is 4.86. The van der Waals surface area contributed by atoms with E-state index in [2.05, 4.69) is 15.2 Å². The van der Waals surface area contributed by atoms with E-state index >= 15 is 0 Å². The highest BCUT2D eigenvalue weighted by Gasteiger charge is 2.15. The van der Waals surface area contributed by atoms with Gasteiger partial charge in [-0.2, -0.15) is 5.10 Å². The minimum absolute atomic E-state index is 0.00504. The van der Waals surface area contributed by atoms with Crippen molar-refractivity contribution in [3.05, 3.63) is 47.7 Å². The number of anilines is 1. The second-order valence-corrected chi connectivity index (χ2v) is 4.67. The molecule has 0 unspecified atom stereocenters. The third kappa shape index (κ3) is 2.08. The molecule has 2 heterocycles. The lowest BCUT2D eigenvalue weighted by atomic mass is 10.0. The maximum Gasteiger partial charge on any atom is 0.153 e. The van der Waals surface area contributed by atoms with E-state index in [1.807, 2.05) is 12.1 Å². The number of H-pyrrole nitrogens is 1. The van der Waals surface area contributed by atoms with Gasteiger partial charge in [-0.25, -0.2) is 0 Å². The first-order valence-electron chi connectivity index (χ1n) is 5.90. The van der Waals surface area contributed by atoms with Crippen molar-refractivity contribution in [1.82, 2.24) is 15.2 Å². The highest BCUT2D eigenvalue weighted by molar-refractivity contribution is 6.32. The van der Waals surface area contributed by atoms with Crippen LogP contribution in [0.25, 0.3) is 22.4 Å². The molecule has 0 aliphatic carbocycles. The molecule has 3 rings (SSSR count). The first kappa shape index (κ1) is 12.5. The maximum absolute atomic E-state index is 9.74. The fourth-order valence-electron chi connectivity index (χ4n) is 2.04. The molecule has 1 aromatic carbocycles. The average Bonchev–Trinajstić information content (AvgIpc) is 2.85. The second-order valence-electron chi connectivity index (χ2n) is 4.26. The molecular weight excluding hydrogens is 276 g/mol. The zero-order chi connectivity index (χ0) is 14.1. The van der Waals surface area contributed by atoms with Crippen molar-refractivity contribution < 1.29 is 5.11 Å². The number of phenols is 1. The summed E-state index contributed by atoms with van der Waals surface area (Å²) in [7, 11) is 0. The number of pyridine rings is 1. The van der Waals surface area contributed by atoms with Crippen molar-refractivity contribution in [2.75, 3.05) is 5.73 Å². The molecule has 0 amide bonds. The molecule has 100 valence electrons. The van der Waals surface area contributed by atoms with E-state index in [0.29, 0.717) is 10.8 Å². The number of nitrogens with zero attached hydrogens (tertiary/aromatic N) is 2. The molecule has 0 radical (unpaired) electrons. The van der Waals surface area contributed by atoms with Gasteiger partial charge in [0.25, 0.3) is 0 Å². The number of benzene rings is 1. The Bertz CT molecular complexity index is 755. The predicted octanol–water partition coefficient (Wildman–Crippen LogP) is 3.08. The molecule has 2 aromatic heterocycles. The normalized spacial score (nSPS) is 10.7. The summed E-state index contributed by atoms with van der Waals surface area (Å²) in [5, 5.41) is 17.0. The van der Waals surface area contributed by atoms with Crippen LogP contribution in [0.1, 0.15) is 0 Å². The van der Waals surface area contributed by atoms with E-state index in [1.54, 1.807) is 30.6 Å². The molecule has 6 heteroatoms. The monoisotopic (exact) mass is 286 g/mol. The van der Waals surface area contributed by atoms with E-state index in [4.69, 9.17) is 17.3 Å². The lowest BCUT2D eigenvalue weighted by Gasteiger charge is -2.06. The fraction of sp³-hybridized carbons (Fsp3) is 0. The summed E-state index contributed by atoms with van der Waals surface area (Å²) < 4.78 is 0. The molecular formula is C14H11ClN4O. The molecule has 0 aliphatic rings. The molecule has 4 N–H and O–H groups in total. The molecule has 5 nitrogen and oxygen atoms in total. The summed E-state index contributed by atoms with van der Waals surface area (Å²) in [6, 6.07) is 8.68. The van der Waals surface area contributed by atoms with Crippen LogP contribution < -0.4 is 5.73 Å². The molecule has 20 heavy (non-hydrogen) atoms. The van der Waals surface area contributed by atoms with Crippen LogP contribution in [-0.2, 0) is 0 Å². The van der Waals surface area contributed by atoms with Gasteiger partial charge in [-0.3, -0.25) is 10.1 Å². The van der Waals surface area contributed by atoms with Crippen molar-refractivity contribution in [3.63, 3.8) is 0 Å². The lowest BCUT2D eigenvalue weighted by Crippen LogP contribution is -1.89. The Morgan fingerprint density at radius 3 is 2.55 bits per heavy atom. The number of nitrogens with one attached hydrogen (secondary N) is 1. The maximum atomic E-state index is 9.74. The number of halogens is 1. The lowest BCUT2D eigenvalue weighted by molar-refractivity contribution is 0.476. The fourth-order valence-corrected chi connectivity index (χ4v) is 2.16. The van der Waals surface area contributed by atoms with Gasteiger partial charge in [0, 0.05) is 18.0 Å². The molecule has 0 atom stereocenters. The van der Waals surface area contributed by atoms with Crippen LogP contribution in [0.2, 0.25) is 5.02 Å². The van der Waals surface area contributed by atoms with Gasteiger partial charge in [-0.05, 0) is 29.8 Å².